The maximum absolute atomic E-state index is 6.11. The number of aromatic nitrogens is 2. The van der Waals surface area contributed by atoms with Crippen molar-refractivity contribution in [2.45, 2.75) is 6.42 Å². The van der Waals surface area contributed by atoms with Crippen molar-refractivity contribution in [2.75, 3.05) is 19.5 Å². The second-order valence-corrected chi connectivity index (χ2v) is 5.25. The summed E-state index contributed by atoms with van der Waals surface area (Å²) in [5.41, 5.74) is 10.0. The van der Waals surface area contributed by atoms with Crippen LogP contribution in [0.4, 0.5) is 5.95 Å². The maximum Gasteiger partial charge on any atom is 0.205 e. The zero-order valence-electron chi connectivity index (χ0n) is 11.7. The molecule has 0 aliphatic carbocycles. The summed E-state index contributed by atoms with van der Waals surface area (Å²) in [4.78, 5) is 4.40. The van der Waals surface area contributed by atoms with Crippen LogP contribution in [0.1, 0.15) is 5.56 Å². The van der Waals surface area contributed by atoms with E-state index in [0.29, 0.717) is 17.6 Å². The van der Waals surface area contributed by atoms with Gasteiger partial charge in [0.25, 0.3) is 0 Å². The van der Waals surface area contributed by atoms with Crippen molar-refractivity contribution >= 4 is 28.6 Å². The quantitative estimate of drug-likeness (QED) is 0.803. The van der Waals surface area contributed by atoms with E-state index in [1.807, 2.05) is 41.0 Å². The van der Waals surface area contributed by atoms with Crippen molar-refractivity contribution in [1.29, 1.82) is 0 Å². The summed E-state index contributed by atoms with van der Waals surface area (Å²) < 4.78 is 7.11. The number of nitrogen functional groups attached to an aromatic ring is 1. The van der Waals surface area contributed by atoms with E-state index in [9.17, 15) is 0 Å². The third-order valence-electron chi connectivity index (χ3n) is 3.45. The molecule has 0 amide bonds. The fourth-order valence-electron chi connectivity index (χ4n) is 2.47. The molecule has 0 unspecified atom stereocenters. The second kappa shape index (κ2) is 5.76. The number of imidazole rings is 1. The minimum Gasteiger partial charge on any atom is -0.384 e. The van der Waals surface area contributed by atoms with Gasteiger partial charge < -0.3 is 10.5 Å². The monoisotopic (exact) mass is 301 g/mol. The topological polar surface area (TPSA) is 53.1 Å². The van der Waals surface area contributed by atoms with Gasteiger partial charge in [-0.25, -0.2) is 4.98 Å². The number of methoxy groups -OCH3 is 1. The highest BCUT2D eigenvalue weighted by molar-refractivity contribution is 6.31. The van der Waals surface area contributed by atoms with E-state index < -0.39 is 0 Å². The van der Waals surface area contributed by atoms with Gasteiger partial charge in [0.15, 0.2) is 0 Å². The standard InChI is InChI=1S/C16H16ClN3O/c1-21-9-8-11-4-2-3-5-14(11)20-15-10-12(17)6-7-13(15)19-16(20)18/h2-7,10H,8-9H2,1H3,(H2,18,19). The van der Waals surface area contributed by atoms with Crippen LogP contribution in [0.5, 0.6) is 0 Å². The molecule has 0 aliphatic rings. The number of fused-ring (bicyclic) bond motifs is 1. The Morgan fingerprint density at radius 1 is 1.24 bits per heavy atom. The average Bonchev–Trinajstić information content (AvgIpc) is 2.80. The number of halogens is 1. The summed E-state index contributed by atoms with van der Waals surface area (Å²) in [6.07, 6.45) is 0.812. The molecule has 3 rings (SSSR count). The zero-order chi connectivity index (χ0) is 14.8. The van der Waals surface area contributed by atoms with Gasteiger partial charge in [0.1, 0.15) is 0 Å². The van der Waals surface area contributed by atoms with Crippen LogP contribution in [0.25, 0.3) is 16.7 Å². The van der Waals surface area contributed by atoms with Crippen molar-refractivity contribution < 1.29 is 4.74 Å². The normalized spacial score (nSPS) is 11.1. The highest BCUT2D eigenvalue weighted by Crippen LogP contribution is 2.27. The lowest BCUT2D eigenvalue weighted by Gasteiger charge is -2.12. The number of nitrogens with two attached hydrogens (primary N) is 1. The van der Waals surface area contributed by atoms with Gasteiger partial charge in [-0.2, -0.15) is 0 Å². The first-order chi connectivity index (χ1) is 10.2. The fourth-order valence-corrected chi connectivity index (χ4v) is 2.64. The van der Waals surface area contributed by atoms with E-state index in [4.69, 9.17) is 22.1 Å². The van der Waals surface area contributed by atoms with E-state index in [1.165, 1.54) is 0 Å². The summed E-state index contributed by atoms with van der Waals surface area (Å²) in [5, 5.41) is 0.665. The molecule has 2 aromatic carbocycles. The molecule has 0 atom stereocenters. The minimum atomic E-state index is 0.456. The Morgan fingerprint density at radius 2 is 2.05 bits per heavy atom. The Hall–Kier alpha value is -2.04. The molecular weight excluding hydrogens is 286 g/mol. The number of benzene rings is 2. The number of nitrogens with zero attached hydrogens (tertiary/aromatic N) is 2. The first-order valence-electron chi connectivity index (χ1n) is 6.71. The number of para-hydroxylation sites is 1. The first kappa shape index (κ1) is 13.9. The zero-order valence-corrected chi connectivity index (χ0v) is 12.5. The molecule has 4 nitrogen and oxygen atoms in total. The molecule has 0 saturated heterocycles. The molecule has 0 saturated carbocycles. The lowest BCUT2D eigenvalue weighted by molar-refractivity contribution is 0.202. The molecular formula is C16H16ClN3O. The SMILES string of the molecule is COCCc1ccccc1-n1c(N)nc2ccc(Cl)cc21. The molecule has 1 heterocycles. The minimum absolute atomic E-state index is 0.456. The first-order valence-corrected chi connectivity index (χ1v) is 7.09. The van der Waals surface area contributed by atoms with Crippen LogP contribution in [0, 0.1) is 0 Å². The van der Waals surface area contributed by atoms with Gasteiger partial charge in [-0.15, -0.1) is 0 Å². The van der Waals surface area contributed by atoms with Crippen molar-refractivity contribution in [1.82, 2.24) is 9.55 Å². The average molecular weight is 302 g/mol. The van der Waals surface area contributed by atoms with Crippen LogP contribution < -0.4 is 5.73 Å². The summed E-state index contributed by atoms with van der Waals surface area (Å²) >= 11 is 6.11. The van der Waals surface area contributed by atoms with Gasteiger partial charge in [-0.05, 0) is 36.2 Å². The Morgan fingerprint density at radius 3 is 2.86 bits per heavy atom. The summed E-state index contributed by atoms with van der Waals surface area (Å²) in [7, 11) is 1.70. The highest BCUT2D eigenvalue weighted by Gasteiger charge is 2.13. The second-order valence-electron chi connectivity index (χ2n) is 4.81. The number of hydrogen-bond acceptors (Lipinski definition) is 3. The largest absolute Gasteiger partial charge is 0.384 e. The molecule has 108 valence electrons. The molecule has 2 N–H and O–H groups in total. The summed E-state index contributed by atoms with van der Waals surface area (Å²) in [5.74, 6) is 0.456. The third-order valence-corrected chi connectivity index (χ3v) is 3.69. The molecule has 0 aliphatic heterocycles. The predicted molar refractivity (Wildman–Crippen MR) is 86.1 cm³/mol. The highest BCUT2D eigenvalue weighted by atomic mass is 35.5. The smallest absolute Gasteiger partial charge is 0.205 e. The molecule has 1 aromatic heterocycles. The van der Waals surface area contributed by atoms with Gasteiger partial charge in [-0.1, -0.05) is 29.8 Å². The molecule has 3 aromatic rings. The molecule has 21 heavy (non-hydrogen) atoms. The number of anilines is 1. The summed E-state index contributed by atoms with van der Waals surface area (Å²) in [6, 6.07) is 13.7. The van der Waals surface area contributed by atoms with Crippen molar-refractivity contribution in [3.63, 3.8) is 0 Å². The van der Waals surface area contributed by atoms with Crippen LogP contribution >= 0.6 is 11.6 Å². The maximum atomic E-state index is 6.11. The van der Waals surface area contributed by atoms with Crippen LogP contribution in [-0.4, -0.2) is 23.3 Å². The molecule has 0 bridgehead atoms. The van der Waals surface area contributed by atoms with E-state index in [2.05, 4.69) is 11.1 Å². The molecule has 5 heteroatoms. The number of ether oxygens (including phenoxy) is 1. The molecule has 0 radical (unpaired) electrons. The Labute approximate surface area is 128 Å². The van der Waals surface area contributed by atoms with E-state index in [-0.39, 0.29) is 0 Å². The lowest BCUT2D eigenvalue weighted by Crippen LogP contribution is -2.05. The van der Waals surface area contributed by atoms with Crippen LogP contribution in [-0.2, 0) is 11.2 Å². The van der Waals surface area contributed by atoms with Crippen LogP contribution in [0.3, 0.4) is 0 Å². The number of rotatable bonds is 4. The van der Waals surface area contributed by atoms with Gasteiger partial charge in [-0.3, -0.25) is 4.57 Å². The predicted octanol–water partition coefficient (Wildman–Crippen LogP) is 3.45. The van der Waals surface area contributed by atoms with Crippen LogP contribution in [0.2, 0.25) is 5.02 Å². The van der Waals surface area contributed by atoms with Gasteiger partial charge in [0, 0.05) is 12.1 Å². The Kier molecular flexibility index (Phi) is 3.82. The Balaban J connectivity index is 2.20. The van der Waals surface area contributed by atoms with E-state index in [0.717, 1.165) is 28.7 Å². The molecule has 0 spiro atoms. The van der Waals surface area contributed by atoms with Gasteiger partial charge >= 0.3 is 0 Å². The van der Waals surface area contributed by atoms with Crippen LogP contribution in [0.15, 0.2) is 42.5 Å². The third kappa shape index (κ3) is 2.60. The Bertz CT molecular complexity index is 782. The molecule has 0 fully saturated rings. The van der Waals surface area contributed by atoms with Gasteiger partial charge in [0.2, 0.25) is 5.95 Å². The summed E-state index contributed by atoms with van der Waals surface area (Å²) in [6.45, 7) is 0.657. The number of hydrogen-bond donors (Lipinski definition) is 1. The fraction of sp³-hybridized carbons (Fsp3) is 0.188. The van der Waals surface area contributed by atoms with Gasteiger partial charge in [0.05, 0.1) is 23.3 Å². The van der Waals surface area contributed by atoms with Crippen molar-refractivity contribution in [3.05, 3.63) is 53.1 Å². The van der Waals surface area contributed by atoms with Crippen molar-refractivity contribution in [2.24, 2.45) is 0 Å². The van der Waals surface area contributed by atoms with E-state index >= 15 is 0 Å². The van der Waals surface area contributed by atoms with E-state index in [1.54, 1.807) is 7.11 Å². The lowest BCUT2D eigenvalue weighted by atomic mass is 10.1. The van der Waals surface area contributed by atoms with Crippen molar-refractivity contribution in [3.8, 4) is 5.69 Å².